The van der Waals surface area contributed by atoms with Gasteiger partial charge in [-0.3, -0.25) is 4.79 Å². The number of benzene rings is 1. The molecule has 0 aliphatic carbocycles. The summed E-state index contributed by atoms with van der Waals surface area (Å²) in [5.41, 5.74) is 2.81. The molecule has 0 unspecified atom stereocenters. The number of sulfonamides is 1. The molecule has 8 heteroatoms. The number of nitrogens with one attached hydrogen (secondary N) is 1. The summed E-state index contributed by atoms with van der Waals surface area (Å²) in [5.74, 6) is -0.380. The van der Waals surface area contributed by atoms with Crippen LogP contribution in [-0.4, -0.2) is 37.9 Å². The van der Waals surface area contributed by atoms with E-state index in [0.717, 1.165) is 17.7 Å². The van der Waals surface area contributed by atoms with Crippen molar-refractivity contribution >= 4 is 33.5 Å². The summed E-state index contributed by atoms with van der Waals surface area (Å²) in [4.78, 5) is 14.4. The highest BCUT2D eigenvalue weighted by atomic mass is 32.2. The fourth-order valence-electron chi connectivity index (χ4n) is 2.60. The number of hydrogen-bond acceptors (Lipinski definition) is 5. The number of carbonyl (C=O) groups is 1. The molecule has 2 heterocycles. The Hall–Kier alpha value is -2.03. The molecule has 0 atom stereocenters. The van der Waals surface area contributed by atoms with Crippen LogP contribution < -0.4 is 5.43 Å². The van der Waals surface area contributed by atoms with Gasteiger partial charge in [0.1, 0.15) is 0 Å². The van der Waals surface area contributed by atoms with E-state index in [-0.39, 0.29) is 10.8 Å². The monoisotopic (exact) mass is 377 g/mol. The summed E-state index contributed by atoms with van der Waals surface area (Å²) >= 11 is 1.58. The van der Waals surface area contributed by atoms with E-state index in [1.807, 2.05) is 19.1 Å². The maximum atomic E-state index is 12.4. The lowest BCUT2D eigenvalue weighted by molar-refractivity contribution is 0.0955. The molecule has 6 nitrogen and oxygen atoms in total. The summed E-state index contributed by atoms with van der Waals surface area (Å²) in [7, 11) is -3.46. The van der Waals surface area contributed by atoms with Gasteiger partial charge in [-0.1, -0.05) is 0 Å². The number of aryl methyl sites for hydroxylation is 1. The van der Waals surface area contributed by atoms with Crippen molar-refractivity contribution in [1.82, 2.24) is 9.73 Å². The number of amides is 1. The van der Waals surface area contributed by atoms with Crippen LogP contribution in [0.1, 0.15) is 33.0 Å². The maximum Gasteiger partial charge on any atom is 0.271 e. The molecule has 1 aliphatic heterocycles. The van der Waals surface area contributed by atoms with Gasteiger partial charge in [-0.2, -0.15) is 9.41 Å². The van der Waals surface area contributed by atoms with Crippen molar-refractivity contribution in [3.05, 3.63) is 51.7 Å². The van der Waals surface area contributed by atoms with Crippen molar-refractivity contribution in [1.29, 1.82) is 0 Å². The zero-order valence-electron chi connectivity index (χ0n) is 13.8. The molecule has 1 aromatic heterocycles. The standard InChI is InChI=1S/C17H19N3O3S2/c1-13-4-7-15(24-13)12-18-19-17(21)14-5-8-16(9-6-14)25(22,23)20-10-2-3-11-20/h4-9,12H,2-3,10-11H2,1H3,(H,19,21)/b18-12-. The third-order valence-corrected chi connectivity index (χ3v) is 6.79. The normalized spacial score (nSPS) is 15.7. The molecule has 2 aromatic rings. The maximum absolute atomic E-state index is 12.4. The van der Waals surface area contributed by atoms with Crippen LogP contribution in [0.4, 0.5) is 0 Å². The highest BCUT2D eigenvalue weighted by Crippen LogP contribution is 2.21. The van der Waals surface area contributed by atoms with Crippen LogP contribution in [0.25, 0.3) is 0 Å². The minimum Gasteiger partial charge on any atom is -0.267 e. The second-order valence-corrected chi connectivity index (χ2v) is 9.04. The van der Waals surface area contributed by atoms with E-state index in [4.69, 9.17) is 0 Å². The van der Waals surface area contributed by atoms with E-state index in [2.05, 4.69) is 10.5 Å². The Bertz CT molecular complexity index is 880. The highest BCUT2D eigenvalue weighted by Gasteiger charge is 2.27. The molecule has 1 saturated heterocycles. The molecule has 1 aromatic carbocycles. The Balaban J connectivity index is 1.65. The summed E-state index contributed by atoms with van der Waals surface area (Å²) in [6, 6.07) is 9.84. The van der Waals surface area contributed by atoms with E-state index >= 15 is 0 Å². The van der Waals surface area contributed by atoms with Crippen LogP contribution >= 0.6 is 11.3 Å². The first-order chi connectivity index (χ1) is 12.0. The summed E-state index contributed by atoms with van der Waals surface area (Å²) < 4.78 is 26.4. The third kappa shape index (κ3) is 4.15. The lowest BCUT2D eigenvalue weighted by atomic mass is 10.2. The predicted octanol–water partition coefficient (Wildman–Crippen LogP) is 2.60. The zero-order valence-corrected chi connectivity index (χ0v) is 15.4. The third-order valence-electron chi connectivity index (χ3n) is 3.94. The quantitative estimate of drug-likeness (QED) is 0.643. The number of rotatable bonds is 5. The highest BCUT2D eigenvalue weighted by molar-refractivity contribution is 7.89. The number of nitrogens with zero attached hydrogens (tertiary/aromatic N) is 2. The SMILES string of the molecule is Cc1ccc(/C=N\NC(=O)c2ccc(S(=O)(=O)N3CCCC3)cc2)s1. The van der Waals surface area contributed by atoms with Gasteiger partial charge in [-0.15, -0.1) is 11.3 Å². The Morgan fingerprint density at radius 3 is 2.44 bits per heavy atom. The van der Waals surface area contributed by atoms with Gasteiger partial charge >= 0.3 is 0 Å². The van der Waals surface area contributed by atoms with Gasteiger partial charge < -0.3 is 0 Å². The van der Waals surface area contributed by atoms with E-state index in [9.17, 15) is 13.2 Å². The van der Waals surface area contributed by atoms with Crippen molar-refractivity contribution in [2.24, 2.45) is 5.10 Å². The molecule has 1 amide bonds. The summed E-state index contributed by atoms with van der Waals surface area (Å²) in [5, 5.41) is 3.92. The molecular weight excluding hydrogens is 358 g/mol. The first-order valence-corrected chi connectivity index (χ1v) is 10.2. The van der Waals surface area contributed by atoms with E-state index < -0.39 is 10.0 Å². The minimum atomic E-state index is -3.46. The lowest BCUT2D eigenvalue weighted by Crippen LogP contribution is -2.28. The number of hydrazone groups is 1. The fraction of sp³-hybridized carbons (Fsp3) is 0.294. The predicted molar refractivity (Wildman–Crippen MR) is 98.6 cm³/mol. The largest absolute Gasteiger partial charge is 0.271 e. The second kappa shape index (κ2) is 7.47. The van der Waals surface area contributed by atoms with Crippen molar-refractivity contribution < 1.29 is 13.2 Å². The van der Waals surface area contributed by atoms with Crippen molar-refractivity contribution in [2.75, 3.05) is 13.1 Å². The molecule has 1 fully saturated rings. The number of thiophene rings is 1. The Morgan fingerprint density at radius 1 is 1.16 bits per heavy atom. The van der Waals surface area contributed by atoms with Crippen LogP contribution in [0.3, 0.4) is 0 Å². The molecular formula is C17H19N3O3S2. The minimum absolute atomic E-state index is 0.212. The van der Waals surface area contributed by atoms with Gasteiger partial charge in [0.05, 0.1) is 11.1 Å². The Morgan fingerprint density at radius 2 is 1.84 bits per heavy atom. The lowest BCUT2D eigenvalue weighted by Gasteiger charge is -2.15. The number of carbonyl (C=O) groups excluding carboxylic acids is 1. The van der Waals surface area contributed by atoms with E-state index in [1.54, 1.807) is 17.6 Å². The number of hydrogen-bond donors (Lipinski definition) is 1. The van der Waals surface area contributed by atoms with Crippen molar-refractivity contribution in [2.45, 2.75) is 24.7 Å². The van der Waals surface area contributed by atoms with Crippen LogP contribution in [-0.2, 0) is 10.0 Å². The molecule has 3 rings (SSSR count). The molecule has 25 heavy (non-hydrogen) atoms. The molecule has 1 aliphatic rings. The Labute approximate surface area is 151 Å². The van der Waals surface area contributed by atoms with E-state index in [0.29, 0.717) is 18.7 Å². The fourth-order valence-corrected chi connectivity index (χ4v) is 4.86. The average molecular weight is 377 g/mol. The molecule has 0 radical (unpaired) electrons. The van der Waals surface area contributed by atoms with Crippen LogP contribution in [0, 0.1) is 6.92 Å². The van der Waals surface area contributed by atoms with E-state index in [1.165, 1.54) is 33.4 Å². The van der Waals surface area contributed by atoms with Crippen LogP contribution in [0.15, 0.2) is 46.4 Å². The molecule has 0 spiro atoms. The smallest absolute Gasteiger partial charge is 0.267 e. The van der Waals surface area contributed by atoms with Gasteiger partial charge in [0, 0.05) is 28.4 Å². The topological polar surface area (TPSA) is 78.8 Å². The molecule has 0 bridgehead atoms. The molecule has 132 valence electrons. The summed E-state index contributed by atoms with van der Waals surface area (Å²) in [6.45, 7) is 3.11. The molecule has 0 saturated carbocycles. The average Bonchev–Trinajstić information content (AvgIpc) is 3.27. The van der Waals surface area contributed by atoms with Crippen molar-refractivity contribution in [3.63, 3.8) is 0 Å². The van der Waals surface area contributed by atoms with Crippen LogP contribution in [0.5, 0.6) is 0 Å². The first kappa shape index (κ1) is 17.8. The summed E-state index contributed by atoms with van der Waals surface area (Å²) in [6.07, 6.45) is 3.37. The first-order valence-electron chi connectivity index (χ1n) is 7.97. The van der Waals surface area contributed by atoms with Gasteiger partial charge in [0.2, 0.25) is 10.0 Å². The van der Waals surface area contributed by atoms with Gasteiger partial charge in [-0.25, -0.2) is 13.8 Å². The van der Waals surface area contributed by atoms with Gasteiger partial charge in [-0.05, 0) is 56.2 Å². The zero-order chi connectivity index (χ0) is 17.9. The second-order valence-electron chi connectivity index (χ2n) is 5.78. The Kier molecular flexibility index (Phi) is 5.31. The van der Waals surface area contributed by atoms with Crippen LogP contribution in [0.2, 0.25) is 0 Å². The van der Waals surface area contributed by atoms with Gasteiger partial charge in [0.15, 0.2) is 0 Å². The van der Waals surface area contributed by atoms with Crippen molar-refractivity contribution in [3.8, 4) is 0 Å². The molecule has 1 N–H and O–H groups in total. The van der Waals surface area contributed by atoms with Gasteiger partial charge in [0.25, 0.3) is 5.91 Å².